The highest BCUT2D eigenvalue weighted by Crippen LogP contribution is 2.22. The van der Waals surface area contributed by atoms with Crippen LogP contribution in [0.1, 0.15) is 33.6 Å². The summed E-state index contributed by atoms with van der Waals surface area (Å²) in [4.78, 5) is 14.5. The molecule has 0 aliphatic carbocycles. The Kier molecular flexibility index (Phi) is 5.75. The lowest BCUT2D eigenvalue weighted by atomic mass is 9.97. The van der Waals surface area contributed by atoms with Crippen molar-refractivity contribution in [1.82, 2.24) is 4.90 Å². The molecular formula is C19H27NO3S. The first-order chi connectivity index (χ1) is 11.2. The Balaban J connectivity index is 1.90. The Bertz CT molecular complexity index is 679. The maximum absolute atomic E-state index is 12.7. The van der Waals surface area contributed by atoms with Gasteiger partial charge in [0.25, 0.3) is 0 Å². The molecular weight excluding hydrogens is 322 g/mol. The summed E-state index contributed by atoms with van der Waals surface area (Å²) in [5.41, 5.74) is -0.469. The van der Waals surface area contributed by atoms with E-state index in [0.717, 1.165) is 17.7 Å². The summed E-state index contributed by atoms with van der Waals surface area (Å²) in [6.45, 7) is 6.93. The van der Waals surface area contributed by atoms with Crippen LogP contribution in [-0.2, 0) is 14.3 Å². The number of carbonyl (C=O) groups excluding carboxylic acids is 1. The molecule has 0 spiro atoms. The summed E-state index contributed by atoms with van der Waals surface area (Å²) in [5, 5.41) is 1.73. The van der Waals surface area contributed by atoms with Crippen LogP contribution in [0.2, 0.25) is 0 Å². The van der Waals surface area contributed by atoms with Gasteiger partial charge in [-0.3, -0.25) is 4.21 Å². The van der Waals surface area contributed by atoms with Crippen LogP contribution in [-0.4, -0.2) is 39.8 Å². The van der Waals surface area contributed by atoms with Gasteiger partial charge in [0.15, 0.2) is 0 Å². The Morgan fingerprint density at radius 1 is 1.25 bits per heavy atom. The molecule has 1 atom stereocenters. The van der Waals surface area contributed by atoms with E-state index in [1.807, 2.05) is 57.2 Å². The van der Waals surface area contributed by atoms with Crippen LogP contribution in [0.15, 0.2) is 46.7 Å². The molecule has 1 heterocycles. The number of amides is 1. The van der Waals surface area contributed by atoms with Crippen molar-refractivity contribution in [3.8, 4) is 0 Å². The van der Waals surface area contributed by atoms with Gasteiger partial charge >= 0.3 is 6.09 Å². The number of likely N-dealkylation sites (tertiary alicyclic amines) is 1. The Labute approximate surface area is 145 Å². The van der Waals surface area contributed by atoms with Crippen LogP contribution in [0.5, 0.6) is 0 Å². The topological polar surface area (TPSA) is 46.6 Å². The smallest absolute Gasteiger partial charge is 0.410 e. The molecule has 0 radical (unpaired) electrons. The first-order valence-electron chi connectivity index (χ1n) is 8.26. The zero-order valence-electron chi connectivity index (χ0n) is 14.7. The molecule has 1 aromatic carbocycles. The number of rotatable bonds is 3. The van der Waals surface area contributed by atoms with Crippen molar-refractivity contribution in [1.29, 1.82) is 0 Å². The summed E-state index contributed by atoms with van der Waals surface area (Å²) in [5.74, 6) is 4.18. The van der Waals surface area contributed by atoms with E-state index in [-0.39, 0.29) is 6.09 Å². The van der Waals surface area contributed by atoms with E-state index < -0.39 is 15.1 Å². The van der Waals surface area contributed by atoms with Crippen molar-refractivity contribution in [3.63, 3.8) is 0 Å². The minimum Gasteiger partial charge on any atom is -0.444 e. The van der Waals surface area contributed by atoms with Crippen molar-refractivity contribution < 1.29 is 13.7 Å². The fourth-order valence-electron chi connectivity index (χ4n) is 2.57. The first kappa shape index (κ1) is 18.6. The molecule has 0 aromatic heterocycles. The zero-order chi connectivity index (χ0) is 17.8. The van der Waals surface area contributed by atoms with Crippen molar-refractivity contribution in [3.05, 3.63) is 41.8 Å². The lowest BCUT2D eigenvalue weighted by molar-refractivity contribution is 0.0197. The quantitative estimate of drug-likeness (QED) is 0.777. The molecule has 1 aliphatic heterocycles. The number of benzene rings is 1. The predicted octanol–water partition coefficient (Wildman–Crippen LogP) is 3.92. The van der Waals surface area contributed by atoms with Crippen LogP contribution in [0.25, 0.3) is 0 Å². The third-order valence-electron chi connectivity index (χ3n) is 3.90. The molecule has 5 heteroatoms. The van der Waals surface area contributed by atoms with Gasteiger partial charge in [-0.15, -0.1) is 0 Å². The number of ether oxygens (including phenoxy) is 1. The molecule has 1 aliphatic rings. The second kappa shape index (κ2) is 7.43. The SMILES string of the molecule is C=S(=O)(/C=C/C1CCN(C(=O)OC(C)(C)C)CC1)c1ccccc1. The van der Waals surface area contributed by atoms with E-state index in [1.54, 1.807) is 10.3 Å². The van der Waals surface area contributed by atoms with Gasteiger partial charge in [0.2, 0.25) is 0 Å². The average Bonchev–Trinajstić information content (AvgIpc) is 2.53. The highest BCUT2D eigenvalue weighted by Gasteiger charge is 2.26. The van der Waals surface area contributed by atoms with E-state index in [4.69, 9.17) is 4.74 Å². The third-order valence-corrected chi connectivity index (χ3v) is 5.57. The lowest BCUT2D eigenvalue weighted by Crippen LogP contribution is -2.41. The molecule has 4 nitrogen and oxygen atoms in total. The monoisotopic (exact) mass is 349 g/mol. The summed E-state index contributed by atoms with van der Waals surface area (Å²) in [6.07, 6.45) is 3.43. The van der Waals surface area contributed by atoms with E-state index in [0.29, 0.717) is 19.0 Å². The number of carbonyl (C=O) groups is 1. The lowest BCUT2D eigenvalue weighted by Gasteiger charge is -2.32. The minimum absolute atomic E-state index is 0.254. The largest absolute Gasteiger partial charge is 0.444 e. The van der Waals surface area contributed by atoms with Crippen molar-refractivity contribution >= 4 is 21.5 Å². The van der Waals surface area contributed by atoms with Crippen LogP contribution in [0.4, 0.5) is 4.79 Å². The molecule has 1 saturated heterocycles. The average molecular weight is 349 g/mol. The Morgan fingerprint density at radius 3 is 2.38 bits per heavy atom. The standard InChI is InChI=1S/C19H27NO3S/c1-19(2,3)23-18(21)20-13-10-16(11-14-20)12-15-24(4,22)17-8-6-5-7-9-17/h5-9,12,15-16H,4,10-11,13-14H2,1-3H3/b15-12+. The van der Waals surface area contributed by atoms with Crippen LogP contribution < -0.4 is 0 Å². The van der Waals surface area contributed by atoms with Gasteiger partial charge in [0.1, 0.15) is 5.60 Å². The van der Waals surface area contributed by atoms with Gasteiger partial charge in [-0.25, -0.2) is 4.79 Å². The molecule has 1 amide bonds. The number of nitrogens with zero attached hydrogens (tertiary/aromatic N) is 1. The molecule has 2 rings (SSSR count). The fraction of sp³-hybridized carbons (Fsp3) is 0.474. The molecule has 24 heavy (non-hydrogen) atoms. The van der Waals surface area contributed by atoms with E-state index in [9.17, 15) is 9.00 Å². The predicted molar refractivity (Wildman–Crippen MR) is 99.6 cm³/mol. The van der Waals surface area contributed by atoms with Crippen molar-refractivity contribution in [2.75, 3.05) is 13.1 Å². The zero-order valence-corrected chi connectivity index (χ0v) is 15.6. The normalized spacial score (nSPS) is 19.2. The summed E-state index contributed by atoms with van der Waals surface area (Å²) in [7, 11) is -2.40. The minimum atomic E-state index is -2.40. The molecule has 1 fully saturated rings. The summed E-state index contributed by atoms with van der Waals surface area (Å²) >= 11 is 0. The van der Waals surface area contributed by atoms with E-state index >= 15 is 0 Å². The molecule has 0 bridgehead atoms. The van der Waals surface area contributed by atoms with Gasteiger partial charge in [0.05, 0.1) is 0 Å². The van der Waals surface area contributed by atoms with Gasteiger partial charge in [-0.1, -0.05) is 24.3 Å². The number of piperidine rings is 1. The maximum atomic E-state index is 12.7. The number of hydrogen-bond donors (Lipinski definition) is 0. The molecule has 1 aromatic rings. The first-order valence-corrected chi connectivity index (χ1v) is 10.0. The number of hydrogen-bond acceptors (Lipinski definition) is 3. The molecule has 1 unspecified atom stereocenters. The highest BCUT2D eigenvalue weighted by atomic mass is 32.2. The molecule has 0 N–H and O–H groups in total. The van der Waals surface area contributed by atoms with E-state index in [2.05, 4.69) is 5.87 Å². The van der Waals surface area contributed by atoms with Crippen molar-refractivity contribution in [2.45, 2.75) is 44.1 Å². The molecule has 132 valence electrons. The summed E-state index contributed by atoms with van der Waals surface area (Å²) in [6, 6.07) is 9.31. The second-order valence-electron chi connectivity index (χ2n) is 7.17. The van der Waals surface area contributed by atoms with Gasteiger partial charge in [-0.2, -0.15) is 0 Å². The fourth-order valence-corrected chi connectivity index (χ4v) is 3.82. The van der Waals surface area contributed by atoms with Crippen LogP contribution >= 0.6 is 0 Å². The summed E-state index contributed by atoms with van der Waals surface area (Å²) < 4.78 is 18.1. The second-order valence-corrected chi connectivity index (χ2v) is 9.37. The van der Waals surface area contributed by atoms with Gasteiger partial charge in [-0.05, 0) is 62.9 Å². The van der Waals surface area contributed by atoms with Crippen LogP contribution in [0.3, 0.4) is 0 Å². The highest BCUT2D eigenvalue weighted by molar-refractivity contribution is 8.03. The van der Waals surface area contributed by atoms with Gasteiger partial charge < -0.3 is 9.64 Å². The van der Waals surface area contributed by atoms with E-state index in [1.165, 1.54) is 0 Å². The van der Waals surface area contributed by atoms with Gasteiger partial charge in [0, 0.05) is 27.5 Å². The van der Waals surface area contributed by atoms with Crippen molar-refractivity contribution in [2.24, 2.45) is 5.92 Å². The van der Waals surface area contributed by atoms with Crippen LogP contribution in [0, 0.1) is 5.92 Å². The number of allylic oxidation sites excluding steroid dienone is 1. The Morgan fingerprint density at radius 2 is 1.83 bits per heavy atom. The molecule has 0 saturated carbocycles. The maximum Gasteiger partial charge on any atom is 0.410 e. The third kappa shape index (κ3) is 5.41. The Hall–Kier alpha value is -1.75.